The molecule has 0 amide bonds. The second-order valence-electron chi connectivity index (χ2n) is 7.21. The zero-order valence-electron chi connectivity index (χ0n) is 16.0. The first-order valence-corrected chi connectivity index (χ1v) is 10.3. The first-order valence-electron chi connectivity index (χ1n) is 9.43. The summed E-state index contributed by atoms with van der Waals surface area (Å²) in [5.41, 5.74) is 7.95. The minimum atomic E-state index is 0.790. The number of thiophene rings is 1. The molecule has 0 radical (unpaired) electrons. The van der Waals surface area contributed by atoms with Crippen molar-refractivity contribution in [3.63, 3.8) is 0 Å². The van der Waals surface area contributed by atoms with Crippen molar-refractivity contribution in [1.82, 2.24) is 4.57 Å². The van der Waals surface area contributed by atoms with Crippen LogP contribution >= 0.6 is 11.3 Å². The van der Waals surface area contributed by atoms with E-state index in [4.69, 9.17) is 4.99 Å². The molecule has 0 saturated carbocycles. The highest BCUT2D eigenvalue weighted by atomic mass is 32.1. The Morgan fingerprint density at radius 1 is 1.15 bits per heavy atom. The van der Waals surface area contributed by atoms with Crippen molar-refractivity contribution < 1.29 is 0 Å². The van der Waals surface area contributed by atoms with Crippen molar-refractivity contribution in [2.75, 3.05) is 0 Å². The third kappa shape index (κ3) is 3.13. The molecular formula is C23H23N3S. The van der Waals surface area contributed by atoms with E-state index in [9.17, 15) is 5.26 Å². The number of hydrogen-bond donors (Lipinski definition) is 0. The topological polar surface area (TPSA) is 41.1 Å². The molecule has 0 spiro atoms. The SMILES string of the molecule is Cc1ccccc1-n1c(C)cc(C=Nc2sc3c(c2C#N)CCCC3)c1C. The Kier molecular flexibility index (Phi) is 4.72. The standard InChI is InChI=1S/C23H23N3S/c1-15-8-4-6-10-21(15)26-16(2)12-18(17(26)3)14-25-23-20(13-24)19-9-5-7-11-22(19)27-23/h4,6,8,10,12,14H,5,7,9,11H2,1-3H3. The molecule has 0 aliphatic heterocycles. The smallest absolute Gasteiger partial charge is 0.134 e. The maximum atomic E-state index is 9.62. The van der Waals surface area contributed by atoms with Crippen molar-refractivity contribution in [2.24, 2.45) is 4.99 Å². The molecule has 0 bridgehead atoms. The number of para-hydroxylation sites is 1. The fourth-order valence-corrected chi connectivity index (χ4v) is 5.17. The number of aryl methyl sites for hydroxylation is 3. The zero-order chi connectivity index (χ0) is 19.0. The van der Waals surface area contributed by atoms with Crippen LogP contribution in [-0.4, -0.2) is 10.8 Å². The summed E-state index contributed by atoms with van der Waals surface area (Å²) in [7, 11) is 0. The van der Waals surface area contributed by atoms with Crippen LogP contribution in [0.5, 0.6) is 0 Å². The first-order chi connectivity index (χ1) is 13.1. The van der Waals surface area contributed by atoms with E-state index in [0.29, 0.717) is 0 Å². The third-order valence-corrected chi connectivity index (χ3v) is 6.61. The fourth-order valence-electron chi connectivity index (χ4n) is 3.99. The molecule has 27 heavy (non-hydrogen) atoms. The fraction of sp³-hybridized carbons (Fsp3) is 0.304. The van der Waals surface area contributed by atoms with Gasteiger partial charge < -0.3 is 4.57 Å². The van der Waals surface area contributed by atoms with Crippen molar-refractivity contribution in [1.29, 1.82) is 5.26 Å². The second-order valence-corrected chi connectivity index (χ2v) is 8.29. The lowest BCUT2D eigenvalue weighted by atomic mass is 9.96. The summed E-state index contributed by atoms with van der Waals surface area (Å²) in [5, 5.41) is 10.5. The average Bonchev–Trinajstić information content (AvgIpc) is 3.17. The minimum Gasteiger partial charge on any atom is -0.318 e. The molecule has 3 aromatic rings. The Morgan fingerprint density at radius 3 is 2.70 bits per heavy atom. The minimum absolute atomic E-state index is 0.790. The van der Waals surface area contributed by atoms with Crippen LogP contribution in [-0.2, 0) is 12.8 Å². The van der Waals surface area contributed by atoms with E-state index < -0.39 is 0 Å². The maximum absolute atomic E-state index is 9.62. The molecule has 0 N–H and O–H groups in total. The van der Waals surface area contributed by atoms with Crippen molar-refractivity contribution in [3.8, 4) is 11.8 Å². The zero-order valence-corrected chi connectivity index (χ0v) is 16.9. The van der Waals surface area contributed by atoms with Gasteiger partial charge in [-0.1, -0.05) is 18.2 Å². The molecule has 0 fully saturated rings. The second kappa shape index (κ2) is 7.17. The lowest BCUT2D eigenvalue weighted by Crippen LogP contribution is -2.01. The Hall–Kier alpha value is -2.64. The van der Waals surface area contributed by atoms with Gasteiger partial charge in [0, 0.05) is 33.7 Å². The van der Waals surface area contributed by atoms with Crippen molar-refractivity contribution in [2.45, 2.75) is 46.5 Å². The third-order valence-electron chi connectivity index (χ3n) is 5.41. The Labute approximate surface area is 164 Å². The maximum Gasteiger partial charge on any atom is 0.134 e. The summed E-state index contributed by atoms with van der Waals surface area (Å²) in [4.78, 5) is 6.10. The molecule has 1 aromatic carbocycles. The molecule has 1 aliphatic carbocycles. The van der Waals surface area contributed by atoms with Crippen LogP contribution in [0.2, 0.25) is 0 Å². The first kappa shape index (κ1) is 17.8. The van der Waals surface area contributed by atoms with Gasteiger partial charge in [-0.05, 0) is 69.7 Å². The summed E-state index contributed by atoms with van der Waals surface area (Å²) >= 11 is 1.69. The highest BCUT2D eigenvalue weighted by Crippen LogP contribution is 2.39. The predicted molar refractivity (Wildman–Crippen MR) is 113 cm³/mol. The predicted octanol–water partition coefficient (Wildman–Crippen LogP) is 5.97. The van der Waals surface area contributed by atoms with Gasteiger partial charge in [0.25, 0.3) is 0 Å². The number of fused-ring (bicyclic) bond motifs is 1. The molecule has 4 heteroatoms. The van der Waals surface area contributed by atoms with Crippen LogP contribution in [0.25, 0.3) is 5.69 Å². The van der Waals surface area contributed by atoms with E-state index >= 15 is 0 Å². The van der Waals surface area contributed by atoms with E-state index in [0.717, 1.165) is 29.0 Å². The lowest BCUT2D eigenvalue weighted by Gasteiger charge is -2.12. The van der Waals surface area contributed by atoms with E-state index in [1.165, 1.54) is 45.9 Å². The number of aliphatic imine (C=N–C) groups is 1. The monoisotopic (exact) mass is 373 g/mol. The number of nitrogens with zero attached hydrogens (tertiary/aromatic N) is 3. The average molecular weight is 374 g/mol. The van der Waals surface area contributed by atoms with Crippen molar-refractivity contribution >= 4 is 22.6 Å². The largest absolute Gasteiger partial charge is 0.318 e. The van der Waals surface area contributed by atoms with Crippen LogP contribution in [0.4, 0.5) is 5.00 Å². The molecule has 0 saturated heterocycles. The Morgan fingerprint density at radius 2 is 1.93 bits per heavy atom. The van der Waals surface area contributed by atoms with Gasteiger partial charge in [-0.15, -0.1) is 11.3 Å². The van der Waals surface area contributed by atoms with Crippen LogP contribution in [0.1, 0.15) is 51.4 Å². The van der Waals surface area contributed by atoms with Gasteiger partial charge in [-0.2, -0.15) is 5.26 Å². The molecular weight excluding hydrogens is 350 g/mol. The van der Waals surface area contributed by atoms with Gasteiger partial charge in [0.05, 0.1) is 5.56 Å². The van der Waals surface area contributed by atoms with Gasteiger partial charge in [-0.3, -0.25) is 0 Å². The number of rotatable bonds is 3. The van der Waals surface area contributed by atoms with Crippen LogP contribution in [0.3, 0.4) is 0 Å². The molecule has 2 heterocycles. The summed E-state index contributed by atoms with van der Waals surface area (Å²) in [6.07, 6.45) is 6.44. The van der Waals surface area contributed by atoms with E-state index in [1.54, 1.807) is 11.3 Å². The summed E-state index contributed by atoms with van der Waals surface area (Å²) < 4.78 is 2.28. The molecule has 0 unspecified atom stereocenters. The van der Waals surface area contributed by atoms with Crippen molar-refractivity contribution in [3.05, 3.63) is 68.9 Å². The number of nitriles is 1. The summed E-state index contributed by atoms with van der Waals surface area (Å²) in [5.74, 6) is 0. The number of aromatic nitrogens is 1. The van der Waals surface area contributed by atoms with Crippen LogP contribution < -0.4 is 0 Å². The highest BCUT2D eigenvalue weighted by Gasteiger charge is 2.20. The van der Waals surface area contributed by atoms with Crippen LogP contribution in [0, 0.1) is 32.1 Å². The number of benzene rings is 1. The molecule has 1 aliphatic rings. The normalized spacial score (nSPS) is 13.7. The quantitative estimate of drug-likeness (QED) is 0.522. The molecule has 4 rings (SSSR count). The molecule has 136 valence electrons. The van der Waals surface area contributed by atoms with E-state index in [-0.39, 0.29) is 0 Å². The van der Waals surface area contributed by atoms with Gasteiger partial charge in [0.15, 0.2) is 0 Å². The highest BCUT2D eigenvalue weighted by molar-refractivity contribution is 7.16. The van der Waals surface area contributed by atoms with Gasteiger partial charge >= 0.3 is 0 Å². The molecule has 3 nitrogen and oxygen atoms in total. The summed E-state index contributed by atoms with van der Waals surface area (Å²) in [6, 6.07) is 13.0. The van der Waals surface area contributed by atoms with Gasteiger partial charge in [0.1, 0.15) is 11.1 Å². The van der Waals surface area contributed by atoms with Gasteiger partial charge in [0.2, 0.25) is 0 Å². The Bertz CT molecular complexity index is 1080. The lowest BCUT2D eigenvalue weighted by molar-refractivity contribution is 0.696. The molecule has 0 atom stereocenters. The van der Waals surface area contributed by atoms with Gasteiger partial charge in [-0.25, -0.2) is 4.99 Å². The molecule has 2 aromatic heterocycles. The summed E-state index contributed by atoms with van der Waals surface area (Å²) in [6.45, 7) is 6.39. The van der Waals surface area contributed by atoms with Crippen LogP contribution in [0.15, 0.2) is 35.3 Å². The van der Waals surface area contributed by atoms with E-state index in [1.807, 2.05) is 6.21 Å². The van der Waals surface area contributed by atoms with E-state index in [2.05, 4.69) is 61.7 Å². The Balaban J connectivity index is 1.73. The number of hydrogen-bond acceptors (Lipinski definition) is 3.